The molecular weight excluding hydrogens is 718 g/mol. The molecule has 6 rings (SSSR count). The van der Waals surface area contributed by atoms with Crippen molar-refractivity contribution in [2.45, 2.75) is 36.3 Å². The number of aliphatic hydroxyl groups is 1. The van der Waals surface area contributed by atoms with Gasteiger partial charge in [-0.25, -0.2) is 13.4 Å². The molecule has 0 amide bonds. The van der Waals surface area contributed by atoms with Crippen LogP contribution in [0.3, 0.4) is 0 Å². The molecule has 6 aromatic rings. The van der Waals surface area contributed by atoms with Crippen LogP contribution in [-0.4, -0.2) is 65.4 Å². The lowest BCUT2D eigenvalue weighted by atomic mass is 9.98. The third-order valence-corrected chi connectivity index (χ3v) is 9.75. The van der Waals surface area contributed by atoms with Gasteiger partial charge in [0.1, 0.15) is 17.3 Å². The number of ether oxygens (including phenoxy) is 2. The topological polar surface area (TPSA) is 140 Å². The maximum Gasteiger partial charge on any atom is 0.428 e. The Morgan fingerprint density at radius 2 is 1.46 bits per heavy atom. The second-order valence-corrected chi connectivity index (χ2v) is 13.3. The van der Waals surface area contributed by atoms with Gasteiger partial charge in [-0.1, -0.05) is 6.07 Å². The number of sulfonamides is 1. The largest absolute Gasteiger partial charge is 0.497 e. The van der Waals surface area contributed by atoms with Crippen molar-refractivity contribution in [3.63, 3.8) is 0 Å². The fraction of sp³-hybridized carbons (Fsp3) is 0.206. The van der Waals surface area contributed by atoms with Gasteiger partial charge in [-0.15, -0.1) is 0 Å². The molecule has 11 nitrogen and oxygen atoms in total. The number of pyridine rings is 2. The Bertz CT molecular complexity index is 2360. The van der Waals surface area contributed by atoms with Crippen molar-refractivity contribution in [2.75, 3.05) is 24.3 Å². The Morgan fingerprint density at radius 3 is 2.08 bits per heavy atom. The zero-order valence-electron chi connectivity index (χ0n) is 27.3. The van der Waals surface area contributed by atoms with Gasteiger partial charge < -0.3 is 19.9 Å². The molecule has 18 heteroatoms. The number of anilines is 3. The van der Waals surface area contributed by atoms with Gasteiger partial charge in [-0.2, -0.15) is 31.4 Å². The summed E-state index contributed by atoms with van der Waals surface area (Å²) in [6.45, 7) is -0.268. The fourth-order valence-electron chi connectivity index (χ4n) is 5.53. The van der Waals surface area contributed by atoms with Gasteiger partial charge in [0.2, 0.25) is 0 Å². The lowest BCUT2D eigenvalue weighted by Gasteiger charge is -2.32. The van der Waals surface area contributed by atoms with Crippen LogP contribution in [0.4, 0.5) is 43.5 Å². The zero-order valence-corrected chi connectivity index (χ0v) is 28.2. The average Bonchev–Trinajstić information content (AvgIpc) is 3.50. The summed E-state index contributed by atoms with van der Waals surface area (Å²) in [5.41, 5.74) is -2.90. The minimum atomic E-state index is -6.01. The number of methoxy groups -OCH3 is 2. The van der Waals surface area contributed by atoms with E-state index in [2.05, 4.69) is 25.1 Å². The monoisotopic (exact) mass is 746 g/mol. The Balaban J connectivity index is 1.27. The second kappa shape index (κ2) is 13.2. The van der Waals surface area contributed by atoms with Crippen LogP contribution in [-0.2, 0) is 16.6 Å². The van der Waals surface area contributed by atoms with Crippen molar-refractivity contribution in [1.82, 2.24) is 19.7 Å². The molecule has 3 aromatic heterocycles. The summed E-state index contributed by atoms with van der Waals surface area (Å²) < 4.78 is 120. The van der Waals surface area contributed by atoms with E-state index in [4.69, 9.17) is 9.47 Å². The molecule has 0 bridgehead atoms. The molecule has 0 radical (unpaired) electrons. The van der Waals surface area contributed by atoms with E-state index >= 15 is 0 Å². The minimum Gasteiger partial charge on any atom is -0.497 e. The number of hydrogen-bond donors (Lipinski definition) is 3. The van der Waals surface area contributed by atoms with Crippen molar-refractivity contribution in [1.29, 1.82) is 0 Å². The lowest BCUT2D eigenvalue weighted by molar-refractivity contribution is -0.372. The highest BCUT2D eigenvalue weighted by Crippen LogP contribution is 2.45. The first-order valence-corrected chi connectivity index (χ1v) is 16.6. The molecule has 3 N–H and O–H groups in total. The number of benzene rings is 3. The third-order valence-electron chi connectivity index (χ3n) is 8.36. The van der Waals surface area contributed by atoms with Gasteiger partial charge in [0.05, 0.1) is 48.8 Å². The number of aromatic nitrogens is 4. The van der Waals surface area contributed by atoms with E-state index < -0.39 is 34.5 Å². The standard InChI is InChI=1S/C34H28F6N6O5S/c1-19-26(8-9-29-28(19)17-43-46(29)18-32(47,33(35,36)37)34(38,39)40)31-27-15-30(42-16-20(27)10-11-41-31)44-21-4-6-25(7-5-21)52(48,49)45-22-12-23(50-2)14-24(13-22)51-3/h4-17,45,47H,18H2,1-3H3,(H,42,44). The summed E-state index contributed by atoms with van der Waals surface area (Å²) in [6, 6.07) is 16.7. The zero-order chi connectivity index (χ0) is 37.6. The van der Waals surface area contributed by atoms with E-state index in [-0.39, 0.29) is 21.5 Å². The Kier molecular flexibility index (Phi) is 9.16. The van der Waals surface area contributed by atoms with Crippen LogP contribution < -0.4 is 19.5 Å². The molecule has 3 heterocycles. The minimum absolute atomic E-state index is 0.0199. The fourth-order valence-corrected chi connectivity index (χ4v) is 6.57. The van der Waals surface area contributed by atoms with Gasteiger partial charge in [0, 0.05) is 58.0 Å². The summed E-state index contributed by atoms with van der Waals surface area (Å²) in [4.78, 5) is 8.92. The quantitative estimate of drug-likeness (QED) is 0.123. The van der Waals surface area contributed by atoms with Crippen molar-refractivity contribution in [3.05, 3.63) is 90.9 Å². The van der Waals surface area contributed by atoms with Crippen molar-refractivity contribution in [2.24, 2.45) is 0 Å². The highest BCUT2D eigenvalue weighted by atomic mass is 32.2. The molecule has 52 heavy (non-hydrogen) atoms. The van der Waals surface area contributed by atoms with Gasteiger partial charge in [0.25, 0.3) is 15.6 Å². The van der Waals surface area contributed by atoms with Crippen molar-refractivity contribution < 1.29 is 49.3 Å². The van der Waals surface area contributed by atoms with E-state index in [0.29, 0.717) is 55.3 Å². The number of nitrogens with zero attached hydrogens (tertiary/aromatic N) is 4. The van der Waals surface area contributed by atoms with Crippen LogP contribution >= 0.6 is 0 Å². The summed E-state index contributed by atoms with van der Waals surface area (Å²) >= 11 is 0. The summed E-state index contributed by atoms with van der Waals surface area (Å²) in [5.74, 6) is 1.16. The van der Waals surface area contributed by atoms with Gasteiger partial charge in [0.15, 0.2) is 0 Å². The van der Waals surface area contributed by atoms with Crippen LogP contribution in [0.1, 0.15) is 5.56 Å². The smallest absolute Gasteiger partial charge is 0.428 e. The molecule has 0 atom stereocenters. The third kappa shape index (κ3) is 6.73. The SMILES string of the molecule is COc1cc(NS(=O)(=O)c2ccc(Nc3cc4c(-c5ccc6c(cnn6CC(O)(C(F)(F)F)C(F)(F)F)c5C)nccc4cn3)cc2)cc(OC)c1. The first-order valence-electron chi connectivity index (χ1n) is 15.1. The summed E-state index contributed by atoms with van der Waals surface area (Å²) in [7, 11) is -1.10. The van der Waals surface area contributed by atoms with Crippen LogP contribution in [0, 0.1) is 6.92 Å². The van der Waals surface area contributed by atoms with Gasteiger partial charge in [-0.3, -0.25) is 14.4 Å². The van der Waals surface area contributed by atoms with E-state index in [1.165, 1.54) is 56.8 Å². The molecule has 0 spiro atoms. The van der Waals surface area contributed by atoms with Crippen molar-refractivity contribution >= 4 is 48.9 Å². The highest BCUT2D eigenvalue weighted by Gasteiger charge is 2.70. The Labute approximate surface area is 291 Å². The van der Waals surface area contributed by atoms with Crippen LogP contribution in [0.15, 0.2) is 90.2 Å². The molecule has 0 aliphatic carbocycles. The molecule has 3 aromatic carbocycles. The maximum absolute atomic E-state index is 13.4. The van der Waals surface area contributed by atoms with E-state index in [0.717, 1.165) is 6.20 Å². The van der Waals surface area contributed by atoms with Crippen LogP contribution in [0.2, 0.25) is 0 Å². The number of alkyl halides is 6. The van der Waals surface area contributed by atoms with Crippen molar-refractivity contribution in [3.8, 4) is 22.8 Å². The first kappa shape index (κ1) is 36.2. The highest BCUT2D eigenvalue weighted by molar-refractivity contribution is 7.92. The number of halogens is 6. The lowest BCUT2D eigenvalue weighted by Crippen LogP contribution is -2.59. The van der Waals surface area contributed by atoms with E-state index in [1.54, 1.807) is 43.5 Å². The molecule has 0 aliphatic heterocycles. The number of rotatable bonds is 10. The Morgan fingerprint density at radius 1 is 0.808 bits per heavy atom. The number of aryl methyl sites for hydroxylation is 1. The number of hydrogen-bond acceptors (Lipinski definition) is 9. The van der Waals surface area contributed by atoms with E-state index in [9.17, 15) is 39.9 Å². The molecule has 272 valence electrons. The number of nitrogens with one attached hydrogen (secondary N) is 2. The second-order valence-electron chi connectivity index (χ2n) is 11.6. The average molecular weight is 747 g/mol. The predicted molar refractivity (Wildman–Crippen MR) is 180 cm³/mol. The molecule has 0 unspecified atom stereocenters. The number of fused-ring (bicyclic) bond motifs is 2. The normalized spacial score (nSPS) is 12.7. The molecular formula is C34H28F6N6O5S. The molecule has 0 aliphatic rings. The van der Waals surface area contributed by atoms with Crippen LogP contribution in [0.25, 0.3) is 32.9 Å². The van der Waals surface area contributed by atoms with Gasteiger partial charge >= 0.3 is 12.4 Å². The van der Waals surface area contributed by atoms with E-state index in [1.807, 2.05) is 0 Å². The van der Waals surface area contributed by atoms with Crippen LogP contribution in [0.5, 0.6) is 11.5 Å². The molecule has 0 saturated carbocycles. The maximum atomic E-state index is 13.4. The molecule has 0 fully saturated rings. The Hall–Kier alpha value is -5.62. The molecule has 0 saturated heterocycles. The first-order chi connectivity index (χ1) is 24.4. The van der Waals surface area contributed by atoms with Gasteiger partial charge in [-0.05, 0) is 55.0 Å². The summed E-state index contributed by atoms with van der Waals surface area (Å²) in [6.07, 6.45) is -7.77. The summed E-state index contributed by atoms with van der Waals surface area (Å²) in [5, 5.41) is 18.1. The predicted octanol–water partition coefficient (Wildman–Crippen LogP) is 7.37.